The molecule has 0 aromatic rings. The summed E-state index contributed by atoms with van der Waals surface area (Å²) < 4.78 is 5.82. The number of carbonyl (C=O) groups excluding carboxylic acids is 3. The molecule has 6 atom stereocenters. The zero-order valence-corrected chi connectivity index (χ0v) is 17.9. The van der Waals surface area contributed by atoms with E-state index in [2.05, 4.69) is 13.8 Å². The molecular formula is C23H31ClO4. The summed E-state index contributed by atoms with van der Waals surface area (Å²) in [4.78, 5) is 36.9. The van der Waals surface area contributed by atoms with Crippen molar-refractivity contribution in [3.8, 4) is 0 Å². The van der Waals surface area contributed by atoms with Crippen LogP contribution in [-0.2, 0) is 19.1 Å². The topological polar surface area (TPSA) is 60.4 Å². The van der Waals surface area contributed by atoms with Gasteiger partial charge < -0.3 is 4.74 Å². The van der Waals surface area contributed by atoms with Gasteiger partial charge in [-0.3, -0.25) is 14.4 Å². The van der Waals surface area contributed by atoms with Gasteiger partial charge in [-0.1, -0.05) is 19.4 Å². The van der Waals surface area contributed by atoms with Crippen LogP contribution >= 0.6 is 11.6 Å². The van der Waals surface area contributed by atoms with Crippen LogP contribution in [-0.4, -0.2) is 29.0 Å². The third-order valence-electron chi connectivity index (χ3n) is 8.97. The third kappa shape index (κ3) is 2.59. The fraction of sp³-hybridized carbons (Fsp3) is 0.783. The second-order valence-electron chi connectivity index (χ2n) is 9.94. The van der Waals surface area contributed by atoms with Crippen LogP contribution in [0.25, 0.3) is 0 Å². The Kier molecular flexibility index (Phi) is 4.80. The van der Waals surface area contributed by atoms with Crippen LogP contribution in [0.15, 0.2) is 11.6 Å². The minimum absolute atomic E-state index is 0.0985. The average molecular weight is 407 g/mol. The van der Waals surface area contributed by atoms with Gasteiger partial charge in [0.1, 0.15) is 0 Å². The van der Waals surface area contributed by atoms with Crippen molar-refractivity contribution in [2.24, 2.45) is 28.6 Å². The first-order valence-electron chi connectivity index (χ1n) is 10.7. The Labute approximate surface area is 172 Å². The Hall–Kier alpha value is -1.16. The van der Waals surface area contributed by atoms with Crippen LogP contribution in [0.4, 0.5) is 0 Å². The van der Waals surface area contributed by atoms with E-state index in [-0.39, 0.29) is 28.3 Å². The third-order valence-corrected chi connectivity index (χ3v) is 9.21. The van der Waals surface area contributed by atoms with Crippen LogP contribution in [0.2, 0.25) is 0 Å². The summed E-state index contributed by atoms with van der Waals surface area (Å²) in [6, 6.07) is 0. The predicted molar refractivity (Wildman–Crippen MR) is 107 cm³/mol. The van der Waals surface area contributed by atoms with Crippen LogP contribution in [0, 0.1) is 28.6 Å². The highest BCUT2D eigenvalue weighted by molar-refractivity contribution is 6.29. The Bertz CT molecular complexity index is 758. The van der Waals surface area contributed by atoms with Gasteiger partial charge in [-0.05, 0) is 74.2 Å². The van der Waals surface area contributed by atoms with Crippen LogP contribution < -0.4 is 0 Å². The van der Waals surface area contributed by atoms with E-state index < -0.39 is 11.6 Å². The van der Waals surface area contributed by atoms with Crippen molar-refractivity contribution in [1.82, 2.24) is 0 Å². The molecule has 3 fully saturated rings. The van der Waals surface area contributed by atoms with Crippen LogP contribution in [0.5, 0.6) is 0 Å². The smallest absolute Gasteiger partial charge is 0.303 e. The van der Waals surface area contributed by atoms with Gasteiger partial charge in [-0.2, -0.15) is 0 Å². The number of fused-ring (bicyclic) bond motifs is 5. The van der Waals surface area contributed by atoms with Crippen LogP contribution in [0.1, 0.15) is 72.1 Å². The van der Waals surface area contributed by atoms with Gasteiger partial charge >= 0.3 is 5.97 Å². The summed E-state index contributed by atoms with van der Waals surface area (Å²) in [7, 11) is 0. The van der Waals surface area contributed by atoms with E-state index in [4.69, 9.17) is 16.3 Å². The standard InChI is InChI=1S/C23H31ClO4/c1-14(25)28-23(20(27)13-24)11-8-19-17-5-4-15-12-16(26)6-9-21(15,2)18(17)7-10-22(19,23)3/h12,17-19H,4-11,13H2,1-3H3/t17-,18+,19+,21+,22+,23+/m1/s1. The van der Waals surface area contributed by atoms with Gasteiger partial charge in [-0.15, -0.1) is 11.6 Å². The summed E-state index contributed by atoms with van der Waals surface area (Å²) in [6.45, 7) is 5.90. The highest BCUT2D eigenvalue weighted by Crippen LogP contribution is 2.68. The van der Waals surface area contributed by atoms with Crippen molar-refractivity contribution in [2.45, 2.75) is 77.7 Å². The highest BCUT2D eigenvalue weighted by atomic mass is 35.5. The fourth-order valence-corrected chi connectivity index (χ4v) is 7.81. The average Bonchev–Trinajstić information content (AvgIpc) is 2.94. The fourth-order valence-electron chi connectivity index (χ4n) is 7.59. The zero-order chi connectivity index (χ0) is 20.3. The van der Waals surface area contributed by atoms with E-state index in [1.165, 1.54) is 12.5 Å². The molecular weight excluding hydrogens is 376 g/mol. The second-order valence-corrected chi connectivity index (χ2v) is 10.2. The van der Waals surface area contributed by atoms with E-state index in [1.54, 1.807) is 0 Å². The molecule has 0 aromatic heterocycles. The van der Waals surface area contributed by atoms with Crippen molar-refractivity contribution in [3.05, 3.63) is 11.6 Å². The maximum absolute atomic E-state index is 13.0. The lowest BCUT2D eigenvalue weighted by Crippen LogP contribution is -2.59. The molecule has 0 bridgehead atoms. The Morgan fingerprint density at radius 2 is 1.82 bits per heavy atom. The van der Waals surface area contributed by atoms with Crippen molar-refractivity contribution in [3.63, 3.8) is 0 Å². The lowest BCUT2D eigenvalue weighted by atomic mass is 9.46. The molecule has 3 saturated carbocycles. The first kappa shape index (κ1) is 20.1. The lowest BCUT2D eigenvalue weighted by molar-refractivity contribution is -0.187. The summed E-state index contributed by atoms with van der Waals surface area (Å²) in [5, 5.41) is 0. The minimum Gasteiger partial charge on any atom is -0.451 e. The molecule has 0 N–H and O–H groups in total. The Balaban J connectivity index is 1.70. The molecule has 154 valence electrons. The Morgan fingerprint density at radius 3 is 2.50 bits per heavy atom. The molecule has 4 aliphatic carbocycles. The molecule has 0 aliphatic heterocycles. The van der Waals surface area contributed by atoms with E-state index in [0.29, 0.717) is 30.6 Å². The highest BCUT2D eigenvalue weighted by Gasteiger charge is 2.68. The van der Waals surface area contributed by atoms with E-state index in [1.807, 2.05) is 6.08 Å². The molecule has 28 heavy (non-hydrogen) atoms. The van der Waals surface area contributed by atoms with Crippen molar-refractivity contribution < 1.29 is 19.1 Å². The summed E-state index contributed by atoms with van der Waals surface area (Å²) in [5.74, 6) is 1.03. The second kappa shape index (κ2) is 6.68. The van der Waals surface area contributed by atoms with Gasteiger partial charge in [0, 0.05) is 18.8 Å². The number of esters is 1. The van der Waals surface area contributed by atoms with E-state index >= 15 is 0 Å². The number of halogens is 1. The van der Waals surface area contributed by atoms with Crippen molar-refractivity contribution >= 4 is 29.1 Å². The van der Waals surface area contributed by atoms with Gasteiger partial charge in [-0.25, -0.2) is 0 Å². The monoisotopic (exact) mass is 406 g/mol. The van der Waals surface area contributed by atoms with Gasteiger partial charge in [0.2, 0.25) is 0 Å². The normalized spacial score (nSPS) is 44.8. The number of rotatable bonds is 3. The number of hydrogen-bond acceptors (Lipinski definition) is 4. The maximum atomic E-state index is 13.0. The molecule has 4 aliphatic rings. The van der Waals surface area contributed by atoms with E-state index in [0.717, 1.165) is 38.5 Å². The number of carbonyl (C=O) groups is 3. The van der Waals surface area contributed by atoms with Crippen molar-refractivity contribution in [2.75, 3.05) is 5.88 Å². The maximum Gasteiger partial charge on any atom is 0.303 e. The SMILES string of the molecule is CC(=O)O[C@]1(C(=O)CCl)CC[C@H]2[C@@H]3CCC4=CC(=O)CC[C@]4(C)[C@H]3CC[C@@]21C. The minimum atomic E-state index is -1.07. The summed E-state index contributed by atoms with van der Waals surface area (Å²) in [5.41, 5.74) is 0.0139. The number of ether oxygens (including phenoxy) is 1. The number of allylic oxidation sites excluding steroid dienone is 1. The first-order valence-corrected chi connectivity index (χ1v) is 11.2. The number of ketones is 2. The van der Waals surface area contributed by atoms with Gasteiger partial charge in [0.05, 0.1) is 5.88 Å². The molecule has 0 unspecified atom stereocenters. The molecule has 0 spiro atoms. The predicted octanol–water partition coefficient (Wildman–Crippen LogP) is 4.63. The lowest BCUT2D eigenvalue weighted by Gasteiger charge is -2.59. The summed E-state index contributed by atoms with van der Waals surface area (Å²) >= 11 is 5.98. The molecule has 0 amide bonds. The molecule has 0 saturated heterocycles. The first-order chi connectivity index (χ1) is 13.2. The van der Waals surface area contributed by atoms with E-state index in [9.17, 15) is 14.4 Å². The molecule has 4 nitrogen and oxygen atoms in total. The van der Waals surface area contributed by atoms with Gasteiger partial charge in [0.25, 0.3) is 0 Å². The molecule has 0 aromatic carbocycles. The molecule has 5 heteroatoms. The van der Waals surface area contributed by atoms with Crippen LogP contribution in [0.3, 0.4) is 0 Å². The molecule has 0 heterocycles. The summed E-state index contributed by atoms with van der Waals surface area (Å²) in [6.07, 6.45) is 8.91. The number of Topliss-reactive ketones (excluding diaryl/α,β-unsaturated/α-hetero) is 1. The van der Waals surface area contributed by atoms with Gasteiger partial charge in [0.15, 0.2) is 17.2 Å². The molecule has 4 rings (SSSR count). The quantitative estimate of drug-likeness (QED) is 0.506. The van der Waals surface area contributed by atoms with Crippen molar-refractivity contribution in [1.29, 1.82) is 0 Å². The molecule has 0 radical (unpaired) electrons. The number of alkyl halides is 1. The largest absolute Gasteiger partial charge is 0.451 e. The number of hydrogen-bond donors (Lipinski definition) is 0. The zero-order valence-electron chi connectivity index (χ0n) is 17.2. The Morgan fingerprint density at radius 1 is 1.11 bits per heavy atom.